The molecule has 1 aromatic carbocycles. The number of ketones is 1. The fourth-order valence-electron chi connectivity index (χ4n) is 2.43. The highest BCUT2D eigenvalue weighted by molar-refractivity contribution is 6.34. The Morgan fingerprint density at radius 2 is 1.95 bits per heavy atom. The van der Waals surface area contributed by atoms with Crippen LogP contribution in [0.2, 0.25) is 5.02 Å². The van der Waals surface area contributed by atoms with E-state index in [2.05, 4.69) is 0 Å². The molecule has 104 valence electrons. The van der Waals surface area contributed by atoms with Gasteiger partial charge in [0.1, 0.15) is 5.60 Å². The fraction of sp³-hybridized carbons (Fsp3) is 0.500. The summed E-state index contributed by atoms with van der Waals surface area (Å²) in [7, 11) is 0. The molecule has 0 spiro atoms. The Morgan fingerprint density at radius 3 is 2.53 bits per heavy atom. The summed E-state index contributed by atoms with van der Waals surface area (Å²) in [5.41, 5.74) is -2.18. The maximum absolute atomic E-state index is 13.7. The van der Waals surface area contributed by atoms with Crippen LogP contribution in [0.1, 0.15) is 43.0 Å². The van der Waals surface area contributed by atoms with E-state index < -0.39 is 28.6 Å². The monoisotopic (exact) mass is 288 g/mol. The highest BCUT2D eigenvalue weighted by Gasteiger charge is 2.41. The first kappa shape index (κ1) is 14.4. The Balaban J connectivity index is 2.37. The zero-order valence-electron chi connectivity index (χ0n) is 10.5. The first-order chi connectivity index (χ1) is 8.85. The van der Waals surface area contributed by atoms with Crippen molar-refractivity contribution in [3.63, 3.8) is 0 Å². The van der Waals surface area contributed by atoms with Gasteiger partial charge >= 0.3 is 0 Å². The first-order valence-corrected chi connectivity index (χ1v) is 6.63. The zero-order chi connectivity index (χ0) is 14.2. The van der Waals surface area contributed by atoms with Crippen LogP contribution in [0.25, 0.3) is 0 Å². The van der Waals surface area contributed by atoms with Crippen LogP contribution in [0.15, 0.2) is 12.1 Å². The lowest BCUT2D eigenvalue weighted by atomic mass is 9.75. The maximum Gasteiger partial charge on any atom is 0.198 e. The third kappa shape index (κ3) is 2.65. The standard InChI is InChI=1S/C14H15ClF2O2/c1-8-4-6-14(19,7-5-8)13(18)11-9(15)2-3-10(16)12(11)17/h2-3,8,19H,4-7H2,1H3. The molecule has 19 heavy (non-hydrogen) atoms. The second kappa shape index (κ2) is 5.17. The van der Waals surface area contributed by atoms with Crippen molar-refractivity contribution in [1.82, 2.24) is 0 Å². The number of benzene rings is 1. The van der Waals surface area contributed by atoms with Gasteiger partial charge in [-0.25, -0.2) is 8.78 Å². The number of hydrogen-bond acceptors (Lipinski definition) is 2. The fourth-order valence-corrected chi connectivity index (χ4v) is 2.67. The molecule has 0 amide bonds. The van der Waals surface area contributed by atoms with Crippen molar-refractivity contribution in [2.45, 2.75) is 38.2 Å². The lowest BCUT2D eigenvalue weighted by Gasteiger charge is -2.33. The lowest BCUT2D eigenvalue weighted by Crippen LogP contribution is -2.42. The van der Waals surface area contributed by atoms with Crippen LogP contribution in [-0.4, -0.2) is 16.5 Å². The van der Waals surface area contributed by atoms with Gasteiger partial charge in [-0.1, -0.05) is 18.5 Å². The van der Waals surface area contributed by atoms with Crippen LogP contribution >= 0.6 is 11.6 Å². The van der Waals surface area contributed by atoms with Crippen molar-refractivity contribution in [3.8, 4) is 0 Å². The van der Waals surface area contributed by atoms with Crippen LogP contribution < -0.4 is 0 Å². The molecule has 0 heterocycles. The predicted octanol–water partition coefficient (Wildman–Crippen LogP) is 3.74. The Kier molecular flexibility index (Phi) is 3.92. The van der Waals surface area contributed by atoms with E-state index in [0.717, 1.165) is 12.1 Å². The van der Waals surface area contributed by atoms with Crippen LogP contribution in [0, 0.1) is 17.6 Å². The molecule has 1 saturated carbocycles. The van der Waals surface area contributed by atoms with Crippen molar-refractivity contribution < 1.29 is 18.7 Å². The quantitative estimate of drug-likeness (QED) is 0.665. The number of carbonyl (C=O) groups is 1. The third-order valence-electron chi connectivity index (χ3n) is 3.80. The van der Waals surface area contributed by atoms with E-state index in [0.29, 0.717) is 18.8 Å². The second-order valence-electron chi connectivity index (χ2n) is 5.26. The molecule has 0 atom stereocenters. The summed E-state index contributed by atoms with van der Waals surface area (Å²) in [6.45, 7) is 2.03. The summed E-state index contributed by atoms with van der Waals surface area (Å²) in [5, 5.41) is 10.2. The Morgan fingerprint density at radius 1 is 1.37 bits per heavy atom. The normalized spacial score (nSPS) is 27.3. The smallest absolute Gasteiger partial charge is 0.198 e. The number of rotatable bonds is 2. The summed E-state index contributed by atoms with van der Waals surface area (Å²) >= 11 is 5.77. The second-order valence-corrected chi connectivity index (χ2v) is 5.67. The first-order valence-electron chi connectivity index (χ1n) is 6.26. The number of Topliss-reactive ketones (excluding diaryl/α,β-unsaturated/α-hetero) is 1. The molecule has 0 unspecified atom stereocenters. The molecule has 0 bridgehead atoms. The molecule has 2 rings (SSSR count). The molecule has 0 aliphatic heterocycles. The number of halogens is 3. The molecular weight excluding hydrogens is 274 g/mol. The number of aliphatic hydroxyl groups is 1. The summed E-state index contributed by atoms with van der Waals surface area (Å²) in [4.78, 5) is 12.3. The molecule has 1 aromatic rings. The average Bonchev–Trinajstić information content (AvgIpc) is 2.38. The van der Waals surface area contributed by atoms with Gasteiger partial charge in [0, 0.05) is 0 Å². The third-order valence-corrected chi connectivity index (χ3v) is 4.11. The minimum atomic E-state index is -1.63. The van der Waals surface area contributed by atoms with Crippen LogP contribution in [0.3, 0.4) is 0 Å². The molecule has 0 aromatic heterocycles. The van der Waals surface area contributed by atoms with Gasteiger partial charge in [-0.2, -0.15) is 0 Å². The molecule has 1 aliphatic rings. The van der Waals surface area contributed by atoms with Crippen molar-refractivity contribution in [2.75, 3.05) is 0 Å². The van der Waals surface area contributed by atoms with Crippen LogP contribution in [0.4, 0.5) is 8.78 Å². The number of carbonyl (C=O) groups excluding carboxylic acids is 1. The van der Waals surface area contributed by atoms with Gasteiger partial charge in [0.25, 0.3) is 0 Å². The Labute approximate surface area is 115 Å². The molecular formula is C14H15ClF2O2. The van der Waals surface area contributed by atoms with Crippen molar-refractivity contribution in [2.24, 2.45) is 5.92 Å². The maximum atomic E-state index is 13.7. The molecule has 1 fully saturated rings. The summed E-state index contributed by atoms with van der Waals surface area (Å²) in [5.74, 6) is -2.83. The van der Waals surface area contributed by atoms with E-state index >= 15 is 0 Å². The molecule has 1 aliphatic carbocycles. The summed E-state index contributed by atoms with van der Waals surface area (Å²) in [6, 6.07) is 1.99. The van der Waals surface area contributed by atoms with Crippen LogP contribution in [0.5, 0.6) is 0 Å². The average molecular weight is 289 g/mol. The minimum Gasteiger partial charge on any atom is -0.382 e. The lowest BCUT2D eigenvalue weighted by molar-refractivity contribution is 0.00387. The highest BCUT2D eigenvalue weighted by atomic mass is 35.5. The van der Waals surface area contributed by atoms with E-state index in [9.17, 15) is 18.7 Å². The molecule has 0 saturated heterocycles. The van der Waals surface area contributed by atoms with Gasteiger partial charge in [0.05, 0.1) is 10.6 Å². The Bertz CT molecular complexity index is 508. The van der Waals surface area contributed by atoms with Crippen LogP contribution in [-0.2, 0) is 0 Å². The van der Waals surface area contributed by atoms with Gasteiger partial charge in [-0.05, 0) is 43.7 Å². The summed E-state index contributed by atoms with van der Waals surface area (Å²) in [6.07, 6.45) is 1.85. The summed E-state index contributed by atoms with van der Waals surface area (Å²) < 4.78 is 26.9. The van der Waals surface area contributed by atoms with E-state index in [1.165, 1.54) is 0 Å². The predicted molar refractivity (Wildman–Crippen MR) is 68.3 cm³/mol. The van der Waals surface area contributed by atoms with Gasteiger partial charge < -0.3 is 5.11 Å². The van der Waals surface area contributed by atoms with Gasteiger partial charge in [-0.3, -0.25) is 4.79 Å². The van der Waals surface area contributed by atoms with E-state index in [4.69, 9.17) is 11.6 Å². The SMILES string of the molecule is CC1CCC(O)(C(=O)c2c(Cl)ccc(F)c2F)CC1. The topological polar surface area (TPSA) is 37.3 Å². The van der Waals surface area contributed by atoms with Crippen molar-refractivity contribution >= 4 is 17.4 Å². The van der Waals surface area contributed by atoms with Crippen molar-refractivity contribution in [1.29, 1.82) is 0 Å². The van der Waals surface area contributed by atoms with Crippen molar-refractivity contribution in [3.05, 3.63) is 34.4 Å². The molecule has 5 heteroatoms. The molecule has 0 radical (unpaired) electrons. The van der Waals surface area contributed by atoms with Gasteiger partial charge in [0.2, 0.25) is 0 Å². The van der Waals surface area contributed by atoms with E-state index in [-0.39, 0.29) is 17.9 Å². The minimum absolute atomic E-state index is 0.170. The largest absolute Gasteiger partial charge is 0.382 e. The van der Waals surface area contributed by atoms with E-state index in [1.807, 2.05) is 6.92 Å². The zero-order valence-corrected chi connectivity index (χ0v) is 11.3. The highest BCUT2D eigenvalue weighted by Crippen LogP contribution is 2.36. The Hall–Kier alpha value is -1.00. The van der Waals surface area contributed by atoms with Gasteiger partial charge in [0.15, 0.2) is 17.4 Å². The van der Waals surface area contributed by atoms with Gasteiger partial charge in [-0.15, -0.1) is 0 Å². The van der Waals surface area contributed by atoms with E-state index in [1.54, 1.807) is 0 Å². The number of hydrogen-bond donors (Lipinski definition) is 1. The molecule has 1 N–H and O–H groups in total. The molecule has 2 nitrogen and oxygen atoms in total.